The number of nitrogens with zero attached hydrogens (tertiary/aromatic N) is 8. The van der Waals surface area contributed by atoms with E-state index in [2.05, 4.69) is 55.4 Å². The lowest BCUT2D eigenvalue weighted by molar-refractivity contribution is -0.131. The van der Waals surface area contributed by atoms with Crippen LogP contribution in [0, 0.1) is 5.92 Å². The summed E-state index contributed by atoms with van der Waals surface area (Å²) in [4.78, 5) is 30.3. The van der Waals surface area contributed by atoms with Crippen molar-refractivity contribution in [1.82, 2.24) is 34.6 Å². The van der Waals surface area contributed by atoms with Crippen LogP contribution in [0.1, 0.15) is 20.8 Å². The fraction of sp³-hybridized carbons (Fsp3) is 0.455. The summed E-state index contributed by atoms with van der Waals surface area (Å²) in [5.41, 5.74) is 0.966. The molecule has 0 radical (unpaired) electrons. The normalized spacial score (nSPS) is 15.2. The van der Waals surface area contributed by atoms with Crippen molar-refractivity contribution in [2.75, 3.05) is 31.1 Å². The third-order valence-electron chi connectivity index (χ3n) is 5.48. The Morgan fingerprint density at radius 3 is 2.34 bits per heavy atom. The van der Waals surface area contributed by atoms with Gasteiger partial charge in [0.1, 0.15) is 0 Å². The molecule has 1 fully saturated rings. The van der Waals surface area contributed by atoms with Gasteiger partial charge in [-0.2, -0.15) is 0 Å². The van der Waals surface area contributed by atoms with Crippen LogP contribution in [-0.4, -0.2) is 72.0 Å². The van der Waals surface area contributed by atoms with Crippen LogP contribution in [0.5, 0.6) is 0 Å². The number of carbonyl (C=O) groups excluding carboxylic acids is 1. The molecule has 0 aromatic carbocycles. The SMILES string of the molecule is CCn1c(S[C@@H](C(=O)N2CCN(c3ncccn3)CC2)C(C)C)nnc1-c1ccncc1. The van der Waals surface area contributed by atoms with E-state index in [1.54, 1.807) is 24.8 Å². The van der Waals surface area contributed by atoms with Crippen LogP contribution in [0.15, 0.2) is 48.1 Å². The Bertz CT molecular complexity index is 1020. The van der Waals surface area contributed by atoms with Gasteiger partial charge < -0.3 is 14.4 Å². The summed E-state index contributed by atoms with van der Waals surface area (Å²) in [5.74, 6) is 1.82. The van der Waals surface area contributed by atoms with Crippen LogP contribution in [-0.2, 0) is 11.3 Å². The zero-order valence-corrected chi connectivity index (χ0v) is 19.4. The largest absolute Gasteiger partial charge is 0.338 e. The third kappa shape index (κ3) is 4.74. The van der Waals surface area contributed by atoms with Gasteiger partial charge in [0.25, 0.3) is 0 Å². The average Bonchev–Trinajstić information content (AvgIpc) is 3.26. The summed E-state index contributed by atoms with van der Waals surface area (Å²) < 4.78 is 2.06. The van der Waals surface area contributed by atoms with Crippen LogP contribution < -0.4 is 4.90 Å². The molecule has 4 rings (SSSR count). The molecular formula is C22H28N8OS. The monoisotopic (exact) mass is 452 g/mol. The first kappa shape index (κ1) is 22.2. The van der Waals surface area contributed by atoms with Crippen LogP contribution >= 0.6 is 11.8 Å². The summed E-state index contributed by atoms with van der Waals surface area (Å²) in [6.45, 7) is 9.72. The summed E-state index contributed by atoms with van der Waals surface area (Å²) in [7, 11) is 0. The molecule has 168 valence electrons. The molecule has 0 spiro atoms. The Labute approximate surface area is 192 Å². The Balaban J connectivity index is 1.46. The highest BCUT2D eigenvalue weighted by Crippen LogP contribution is 2.31. The summed E-state index contributed by atoms with van der Waals surface area (Å²) in [6, 6.07) is 5.65. The van der Waals surface area contributed by atoms with Crippen molar-refractivity contribution < 1.29 is 4.79 Å². The van der Waals surface area contributed by atoms with Gasteiger partial charge in [-0.05, 0) is 31.0 Å². The molecule has 0 bridgehead atoms. The van der Waals surface area contributed by atoms with E-state index in [0.29, 0.717) is 19.0 Å². The topological polar surface area (TPSA) is 92.9 Å². The predicted octanol–water partition coefficient (Wildman–Crippen LogP) is 2.62. The smallest absolute Gasteiger partial charge is 0.236 e. The minimum atomic E-state index is -0.227. The van der Waals surface area contributed by atoms with E-state index in [-0.39, 0.29) is 17.1 Å². The molecule has 1 aliphatic rings. The van der Waals surface area contributed by atoms with Gasteiger partial charge >= 0.3 is 0 Å². The fourth-order valence-corrected chi connectivity index (χ4v) is 4.90. The Hall–Kier alpha value is -3.01. The molecule has 1 saturated heterocycles. The van der Waals surface area contributed by atoms with Crippen molar-refractivity contribution in [3.8, 4) is 11.4 Å². The van der Waals surface area contributed by atoms with Crippen LogP contribution in [0.2, 0.25) is 0 Å². The number of amides is 1. The summed E-state index contributed by atoms with van der Waals surface area (Å²) in [5, 5.41) is 9.37. The van der Waals surface area contributed by atoms with Crippen LogP contribution in [0.25, 0.3) is 11.4 Å². The molecule has 9 nitrogen and oxygen atoms in total. The standard InChI is InChI=1S/C22H28N8OS/c1-4-30-19(17-6-10-23-11-7-17)26-27-22(30)32-18(16(2)3)20(31)28-12-14-29(15-13-28)21-24-8-5-9-25-21/h5-11,16,18H,4,12-15H2,1-3H3/t18-/m1/s1. The molecule has 0 unspecified atom stereocenters. The summed E-state index contributed by atoms with van der Waals surface area (Å²) >= 11 is 1.51. The summed E-state index contributed by atoms with van der Waals surface area (Å²) in [6.07, 6.45) is 6.99. The minimum absolute atomic E-state index is 0.148. The molecule has 4 heterocycles. The van der Waals surface area contributed by atoms with Crippen LogP contribution in [0.3, 0.4) is 0 Å². The number of hydrogen-bond acceptors (Lipinski definition) is 8. The molecule has 1 aliphatic heterocycles. The maximum Gasteiger partial charge on any atom is 0.236 e. The zero-order valence-electron chi connectivity index (χ0n) is 18.6. The van der Waals surface area contributed by atoms with Gasteiger partial charge in [0.2, 0.25) is 11.9 Å². The predicted molar refractivity (Wildman–Crippen MR) is 124 cm³/mol. The van der Waals surface area contributed by atoms with Gasteiger partial charge in [0.05, 0.1) is 5.25 Å². The highest BCUT2D eigenvalue weighted by Gasteiger charge is 2.32. The first-order valence-corrected chi connectivity index (χ1v) is 11.8. The van der Waals surface area contributed by atoms with Crippen molar-refractivity contribution in [2.45, 2.75) is 37.7 Å². The molecule has 3 aromatic rings. The van der Waals surface area contributed by atoms with E-state index < -0.39 is 0 Å². The van der Waals surface area contributed by atoms with Gasteiger partial charge in [0, 0.05) is 63.1 Å². The quantitative estimate of drug-likeness (QED) is 0.505. The molecule has 1 atom stereocenters. The maximum absolute atomic E-state index is 13.5. The molecule has 3 aromatic heterocycles. The lowest BCUT2D eigenvalue weighted by Gasteiger charge is -2.36. The van der Waals surface area contributed by atoms with E-state index in [9.17, 15) is 4.79 Å². The molecule has 1 amide bonds. The minimum Gasteiger partial charge on any atom is -0.338 e. The van der Waals surface area contributed by atoms with E-state index in [1.807, 2.05) is 23.1 Å². The molecule has 0 N–H and O–H groups in total. The fourth-order valence-electron chi connectivity index (χ4n) is 3.72. The van der Waals surface area contributed by atoms with Gasteiger partial charge in [-0.25, -0.2) is 9.97 Å². The number of anilines is 1. The lowest BCUT2D eigenvalue weighted by atomic mass is 10.1. The molecule has 32 heavy (non-hydrogen) atoms. The highest BCUT2D eigenvalue weighted by atomic mass is 32.2. The van der Waals surface area contributed by atoms with Crippen molar-refractivity contribution in [2.24, 2.45) is 5.92 Å². The maximum atomic E-state index is 13.5. The Morgan fingerprint density at radius 1 is 1.03 bits per heavy atom. The number of piperazine rings is 1. The Kier molecular flexibility index (Phi) is 6.99. The second-order valence-electron chi connectivity index (χ2n) is 7.93. The van der Waals surface area contributed by atoms with Gasteiger partial charge in [0.15, 0.2) is 11.0 Å². The number of pyridine rings is 1. The number of rotatable bonds is 7. The van der Waals surface area contributed by atoms with Crippen LogP contribution in [0.4, 0.5) is 5.95 Å². The number of aromatic nitrogens is 6. The van der Waals surface area contributed by atoms with Crippen molar-refractivity contribution in [3.63, 3.8) is 0 Å². The first-order valence-electron chi connectivity index (χ1n) is 10.9. The molecular weight excluding hydrogens is 424 g/mol. The van der Waals surface area contributed by atoms with E-state index in [4.69, 9.17) is 0 Å². The second kappa shape index (κ2) is 10.1. The van der Waals surface area contributed by atoms with E-state index in [0.717, 1.165) is 36.2 Å². The van der Waals surface area contributed by atoms with Crippen molar-refractivity contribution in [3.05, 3.63) is 43.0 Å². The first-order chi connectivity index (χ1) is 15.6. The van der Waals surface area contributed by atoms with E-state index >= 15 is 0 Å². The number of thioether (sulfide) groups is 1. The number of carbonyl (C=O) groups is 1. The average molecular weight is 453 g/mol. The Morgan fingerprint density at radius 2 is 1.72 bits per heavy atom. The van der Waals surface area contributed by atoms with Gasteiger partial charge in [-0.15, -0.1) is 10.2 Å². The van der Waals surface area contributed by atoms with Gasteiger partial charge in [-0.3, -0.25) is 9.78 Å². The highest BCUT2D eigenvalue weighted by molar-refractivity contribution is 8.00. The molecule has 0 aliphatic carbocycles. The van der Waals surface area contributed by atoms with Gasteiger partial charge in [-0.1, -0.05) is 25.6 Å². The van der Waals surface area contributed by atoms with E-state index in [1.165, 1.54) is 11.8 Å². The number of hydrogen-bond donors (Lipinski definition) is 0. The third-order valence-corrected chi connectivity index (χ3v) is 6.99. The van der Waals surface area contributed by atoms with Crippen molar-refractivity contribution >= 4 is 23.6 Å². The second-order valence-corrected chi connectivity index (χ2v) is 9.04. The molecule has 10 heteroatoms. The van der Waals surface area contributed by atoms with Crippen molar-refractivity contribution in [1.29, 1.82) is 0 Å². The molecule has 0 saturated carbocycles. The zero-order chi connectivity index (χ0) is 22.5. The lowest BCUT2D eigenvalue weighted by Crippen LogP contribution is -2.52.